The first-order valence-corrected chi connectivity index (χ1v) is 9.89. The van der Waals surface area contributed by atoms with E-state index in [1.54, 1.807) is 42.5 Å². The number of nitrogens with zero attached hydrogens (tertiary/aromatic N) is 1. The van der Waals surface area contributed by atoms with Crippen molar-refractivity contribution in [2.45, 2.75) is 33.1 Å². The van der Waals surface area contributed by atoms with Crippen LogP contribution >= 0.6 is 0 Å². The summed E-state index contributed by atoms with van der Waals surface area (Å²) in [5.74, 6) is -0.0547. The van der Waals surface area contributed by atoms with E-state index in [1.165, 1.54) is 0 Å². The number of unbranched alkanes of at least 4 members (excludes halogenated alkanes) is 1. The molecule has 2 rings (SSSR count). The zero-order valence-corrected chi connectivity index (χ0v) is 17.3. The quantitative estimate of drug-likeness (QED) is 0.442. The van der Waals surface area contributed by atoms with Crippen LogP contribution < -0.4 is 14.8 Å². The molecule has 30 heavy (non-hydrogen) atoms. The van der Waals surface area contributed by atoms with Crippen molar-refractivity contribution in [1.29, 1.82) is 5.26 Å². The number of hydrogen-bond acceptors (Lipinski definition) is 6. The highest BCUT2D eigenvalue weighted by molar-refractivity contribution is 5.95. The second kappa shape index (κ2) is 12.1. The molecule has 0 bridgehead atoms. The number of rotatable bonds is 11. The Morgan fingerprint density at radius 2 is 1.80 bits per heavy atom. The standard InChI is InChI=1S/C23H26N2O5/c1-3-5-14-29-20-11-8-18(15-21(20)28-4-2)23(27)30-16-22(26)25-19-9-6-17(7-10-19)12-13-24/h6-11,15H,3-5,12,14,16H2,1-2H3,(H,25,26). The smallest absolute Gasteiger partial charge is 0.338 e. The Bertz CT molecular complexity index is 887. The summed E-state index contributed by atoms with van der Waals surface area (Å²) in [6.45, 7) is 4.50. The van der Waals surface area contributed by atoms with Gasteiger partial charge in [0.25, 0.3) is 5.91 Å². The van der Waals surface area contributed by atoms with Crippen molar-refractivity contribution < 1.29 is 23.8 Å². The van der Waals surface area contributed by atoms with Crippen LogP contribution in [0.4, 0.5) is 5.69 Å². The molecule has 7 nitrogen and oxygen atoms in total. The first-order chi connectivity index (χ1) is 14.6. The van der Waals surface area contributed by atoms with E-state index in [4.69, 9.17) is 19.5 Å². The molecule has 0 unspecified atom stereocenters. The molecule has 7 heteroatoms. The predicted octanol–water partition coefficient (Wildman–Crippen LogP) is 4.13. The van der Waals surface area contributed by atoms with Crippen molar-refractivity contribution in [1.82, 2.24) is 0 Å². The summed E-state index contributed by atoms with van der Waals surface area (Å²) in [4.78, 5) is 24.4. The van der Waals surface area contributed by atoms with Crippen LogP contribution in [0.15, 0.2) is 42.5 Å². The third-order valence-electron chi connectivity index (χ3n) is 4.09. The Kier molecular flexibility index (Phi) is 9.19. The van der Waals surface area contributed by atoms with Crippen LogP contribution in [0.5, 0.6) is 11.5 Å². The Morgan fingerprint density at radius 3 is 2.47 bits per heavy atom. The molecule has 0 heterocycles. The molecule has 2 aromatic rings. The van der Waals surface area contributed by atoms with E-state index in [9.17, 15) is 9.59 Å². The van der Waals surface area contributed by atoms with Crippen LogP contribution in [0, 0.1) is 11.3 Å². The highest BCUT2D eigenvalue weighted by Gasteiger charge is 2.14. The van der Waals surface area contributed by atoms with Crippen molar-refractivity contribution in [3.63, 3.8) is 0 Å². The Morgan fingerprint density at radius 1 is 1.03 bits per heavy atom. The number of benzene rings is 2. The van der Waals surface area contributed by atoms with Crippen molar-refractivity contribution >= 4 is 17.6 Å². The summed E-state index contributed by atoms with van der Waals surface area (Å²) in [5.41, 5.74) is 1.69. The van der Waals surface area contributed by atoms with Gasteiger partial charge in [0.1, 0.15) is 0 Å². The van der Waals surface area contributed by atoms with Crippen LogP contribution in [0.1, 0.15) is 42.6 Å². The third-order valence-corrected chi connectivity index (χ3v) is 4.09. The maximum atomic E-state index is 12.3. The van der Waals surface area contributed by atoms with Crippen LogP contribution in [0.25, 0.3) is 0 Å². The number of hydrogen-bond donors (Lipinski definition) is 1. The molecule has 1 N–H and O–H groups in total. The highest BCUT2D eigenvalue weighted by Crippen LogP contribution is 2.29. The molecule has 0 spiro atoms. The zero-order chi connectivity index (χ0) is 21.8. The summed E-state index contributed by atoms with van der Waals surface area (Å²) < 4.78 is 16.4. The molecular weight excluding hydrogens is 384 g/mol. The lowest BCUT2D eigenvalue weighted by Gasteiger charge is -2.13. The molecule has 0 saturated heterocycles. The van der Waals surface area contributed by atoms with Gasteiger partial charge in [-0.2, -0.15) is 5.26 Å². The molecule has 0 radical (unpaired) electrons. The van der Waals surface area contributed by atoms with Crippen molar-refractivity contribution in [3.8, 4) is 17.6 Å². The van der Waals surface area contributed by atoms with Gasteiger partial charge >= 0.3 is 5.97 Å². The topological polar surface area (TPSA) is 97.6 Å². The van der Waals surface area contributed by atoms with Crippen LogP contribution in [-0.4, -0.2) is 31.7 Å². The second-order valence-corrected chi connectivity index (χ2v) is 6.45. The van der Waals surface area contributed by atoms with E-state index >= 15 is 0 Å². The van der Waals surface area contributed by atoms with E-state index in [2.05, 4.69) is 18.3 Å². The van der Waals surface area contributed by atoms with Crippen LogP contribution in [0.2, 0.25) is 0 Å². The van der Waals surface area contributed by atoms with Crippen molar-refractivity contribution in [2.24, 2.45) is 0 Å². The monoisotopic (exact) mass is 410 g/mol. The van der Waals surface area contributed by atoms with Gasteiger partial charge in [-0.25, -0.2) is 4.79 Å². The Labute approximate surface area is 176 Å². The lowest BCUT2D eigenvalue weighted by atomic mass is 10.1. The largest absolute Gasteiger partial charge is 0.490 e. The van der Waals surface area contributed by atoms with E-state index in [-0.39, 0.29) is 5.56 Å². The van der Waals surface area contributed by atoms with Crippen LogP contribution in [-0.2, 0) is 16.0 Å². The summed E-state index contributed by atoms with van der Waals surface area (Å²) in [5, 5.41) is 11.3. The van der Waals surface area contributed by atoms with Gasteiger partial charge in [0.05, 0.1) is 31.3 Å². The van der Waals surface area contributed by atoms with Gasteiger partial charge in [-0.15, -0.1) is 0 Å². The zero-order valence-electron chi connectivity index (χ0n) is 17.3. The van der Waals surface area contributed by atoms with Crippen molar-refractivity contribution in [3.05, 3.63) is 53.6 Å². The SMILES string of the molecule is CCCCOc1ccc(C(=O)OCC(=O)Nc2ccc(CC#N)cc2)cc1OCC. The lowest BCUT2D eigenvalue weighted by molar-refractivity contribution is -0.119. The molecular formula is C23H26N2O5. The number of anilines is 1. The minimum absolute atomic E-state index is 0.273. The van der Waals surface area contributed by atoms with E-state index in [0.717, 1.165) is 18.4 Å². The molecule has 0 saturated carbocycles. The van der Waals surface area contributed by atoms with Gasteiger partial charge in [-0.3, -0.25) is 4.79 Å². The maximum Gasteiger partial charge on any atom is 0.338 e. The van der Waals surface area contributed by atoms with Gasteiger partial charge < -0.3 is 19.5 Å². The number of amides is 1. The fourth-order valence-corrected chi connectivity index (χ4v) is 2.56. The molecule has 0 aliphatic heterocycles. The van der Waals surface area contributed by atoms with E-state index < -0.39 is 18.5 Å². The number of nitrogens with one attached hydrogen (secondary N) is 1. The Balaban J connectivity index is 1.92. The fraction of sp³-hybridized carbons (Fsp3) is 0.348. The minimum atomic E-state index is -0.629. The lowest BCUT2D eigenvalue weighted by Crippen LogP contribution is -2.21. The molecule has 1 amide bonds. The maximum absolute atomic E-state index is 12.3. The average Bonchev–Trinajstić information content (AvgIpc) is 2.75. The molecule has 2 aromatic carbocycles. The molecule has 0 atom stereocenters. The average molecular weight is 410 g/mol. The van der Waals surface area contributed by atoms with Crippen molar-refractivity contribution in [2.75, 3.05) is 25.1 Å². The minimum Gasteiger partial charge on any atom is -0.490 e. The highest BCUT2D eigenvalue weighted by atomic mass is 16.5. The van der Waals surface area contributed by atoms with Gasteiger partial charge in [0, 0.05) is 5.69 Å². The number of esters is 1. The molecule has 0 fully saturated rings. The first-order valence-electron chi connectivity index (χ1n) is 9.89. The Hall–Kier alpha value is -3.53. The van der Waals surface area contributed by atoms with E-state index in [0.29, 0.717) is 36.8 Å². The summed E-state index contributed by atoms with van der Waals surface area (Å²) in [6, 6.07) is 13.8. The molecule has 0 aliphatic carbocycles. The molecule has 158 valence electrons. The number of ether oxygens (including phenoxy) is 3. The second-order valence-electron chi connectivity index (χ2n) is 6.45. The summed E-state index contributed by atoms with van der Waals surface area (Å²) >= 11 is 0. The van der Waals surface area contributed by atoms with E-state index in [1.807, 2.05) is 6.92 Å². The van der Waals surface area contributed by atoms with Gasteiger partial charge in [0.15, 0.2) is 18.1 Å². The molecule has 0 aliphatic rings. The molecule has 0 aromatic heterocycles. The van der Waals surface area contributed by atoms with Gasteiger partial charge in [-0.05, 0) is 49.2 Å². The van der Waals surface area contributed by atoms with Gasteiger partial charge in [-0.1, -0.05) is 25.5 Å². The normalized spacial score (nSPS) is 10.0. The number of carbonyl (C=O) groups excluding carboxylic acids is 2. The first kappa shape index (κ1) is 22.8. The summed E-state index contributed by atoms with van der Waals surface area (Å²) in [6.07, 6.45) is 2.24. The van der Waals surface area contributed by atoms with Crippen LogP contribution in [0.3, 0.4) is 0 Å². The third kappa shape index (κ3) is 7.13. The predicted molar refractivity (Wildman–Crippen MR) is 113 cm³/mol. The number of nitriles is 1. The fourth-order valence-electron chi connectivity index (χ4n) is 2.56. The number of carbonyl (C=O) groups is 2. The van der Waals surface area contributed by atoms with Gasteiger partial charge in [0.2, 0.25) is 0 Å². The summed E-state index contributed by atoms with van der Waals surface area (Å²) in [7, 11) is 0.